The summed E-state index contributed by atoms with van der Waals surface area (Å²) in [6.45, 7) is 1.87. The second kappa shape index (κ2) is 8.12. The first-order chi connectivity index (χ1) is 13.3. The van der Waals surface area contributed by atoms with Gasteiger partial charge in [0.15, 0.2) is 0 Å². The minimum atomic E-state index is -3.62. The first-order valence-electron chi connectivity index (χ1n) is 8.88. The van der Waals surface area contributed by atoms with Crippen LogP contribution in [0.2, 0.25) is 0 Å². The molecule has 0 saturated heterocycles. The van der Waals surface area contributed by atoms with Gasteiger partial charge in [-0.05, 0) is 43.2 Å². The van der Waals surface area contributed by atoms with E-state index in [4.69, 9.17) is 4.74 Å². The van der Waals surface area contributed by atoms with Crippen molar-refractivity contribution in [2.75, 3.05) is 26.0 Å². The highest BCUT2D eigenvalue weighted by molar-refractivity contribution is 7.89. The van der Waals surface area contributed by atoms with E-state index in [-0.39, 0.29) is 18.8 Å². The zero-order valence-electron chi connectivity index (χ0n) is 15.8. The number of imide groups is 1. The second-order valence-electron chi connectivity index (χ2n) is 6.63. The Labute approximate surface area is 164 Å². The molecule has 148 valence electrons. The van der Waals surface area contributed by atoms with Crippen molar-refractivity contribution >= 4 is 21.8 Å². The second-order valence-corrected chi connectivity index (χ2v) is 8.55. The van der Waals surface area contributed by atoms with E-state index in [1.165, 1.54) is 0 Å². The van der Waals surface area contributed by atoms with Crippen molar-refractivity contribution in [2.45, 2.75) is 13.3 Å². The highest BCUT2D eigenvalue weighted by Crippen LogP contribution is 2.23. The van der Waals surface area contributed by atoms with Crippen LogP contribution in [-0.4, -0.2) is 51.1 Å². The van der Waals surface area contributed by atoms with Gasteiger partial charge in [0.25, 0.3) is 11.8 Å². The molecule has 2 aromatic rings. The van der Waals surface area contributed by atoms with E-state index in [2.05, 4.69) is 4.72 Å². The molecule has 0 aromatic heterocycles. The van der Waals surface area contributed by atoms with E-state index in [9.17, 15) is 18.0 Å². The third-order valence-electron chi connectivity index (χ3n) is 4.58. The fourth-order valence-electron chi connectivity index (χ4n) is 3.07. The van der Waals surface area contributed by atoms with Gasteiger partial charge in [0.05, 0.1) is 24.0 Å². The lowest BCUT2D eigenvalue weighted by Gasteiger charge is -2.14. The molecule has 2 amide bonds. The number of amides is 2. The van der Waals surface area contributed by atoms with Crippen molar-refractivity contribution in [3.63, 3.8) is 0 Å². The number of nitrogens with one attached hydrogen (secondary N) is 1. The van der Waals surface area contributed by atoms with Crippen LogP contribution < -0.4 is 9.46 Å². The molecule has 1 heterocycles. The summed E-state index contributed by atoms with van der Waals surface area (Å²) < 4.78 is 32.2. The van der Waals surface area contributed by atoms with E-state index in [0.29, 0.717) is 23.3 Å². The summed E-state index contributed by atoms with van der Waals surface area (Å²) in [7, 11) is -2.05. The van der Waals surface area contributed by atoms with Gasteiger partial charge in [0.1, 0.15) is 5.75 Å². The Morgan fingerprint density at radius 1 is 1.04 bits per heavy atom. The number of fused-ring (bicyclic) bond motifs is 1. The predicted octanol–water partition coefficient (Wildman–Crippen LogP) is 1.76. The number of aryl methyl sites for hydroxylation is 1. The molecule has 0 radical (unpaired) electrons. The molecule has 0 spiro atoms. The highest BCUT2D eigenvalue weighted by atomic mass is 32.2. The number of benzene rings is 2. The average molecular weight is 402 g/mol. The fourth-order valence-corrected chi connectivity index (χ4v) is 4.05. The normalized spacial score (nSPS) is 13.7. The number of ether oxygens (including phenoxy) is 1. The average Bonchev–Trinajstić information content (AvgIpc) is 2.90. The van der Waals surface area contributed by atoms with Crippen molar-refractivity contribution in [2.24, 2.45) is 0 Å². The quantitative estimate of drug-likeness (QED) is 0.679. The minimum absolute atomic E-state index is 0.181. The Bertz CT molecular complexity index is 1020. The third-order valence-corrected chi connectivity index (χ3v) is 5.94. The summed E-state index contributed by atoms with van der Waals surface area (Å²) in [5, 5.41) is 0. The largest absolute Gasteiger partial charge is 0.497 e. The minimum Gasteiger partial charge on any atom is -0.497 e. The van der Waals surface area contributed by atoms with Crippen molar-refractivity contribution in [1.82, 2.24) is 9.62 Å². The Morgan fingerprint density at radius 2 is 1.79 bits per heavy atom. The van der Waals surface area contributed by atoms with E-state index in [0.717, 1.165) is 16.0 Å². The van der Waals surface area contributed by atoms with Crippen molar-refractivity contribution in [3.05, 3.63) is 64.7 Å². The van der Waals surface area contributed by atoms with Gasteiger partial charge in [0, 0.05) is 13.1 Å². The van der Waals surface area contributed by atoms with Gasteiger partial charge in [-0.1, -0.05) is 23.8 Å². The number of sulfonamides is 1. The maximum atomic E-state index is 12.4. The molecule has 1 aliphatic rings. The van der Waals surface area contributed by atoms with Crippen molar-refractivity contribution in [1.29, 1.82) is 0 Å². The molecule has 0 bridgehead atoms. The van der Waals surface area contributed by atoms with Gasteiger partial charge >= 0.3 is 0 Å². The fraction of sp³-hybridized carbons (Fsp3) is 0.300. The van der Waals surface area contributed by atoms with Crippen LogP contribution in [0.3, 0.4) is 0 Å². The molecular weight excluding hydrogens is 380 g/mol. The van der Waals surface area contributed by atoms with Crippen molar-refractivity contribution < 1.29 is 22.7 Å². The third kappa shape index (κ3) is 4.40. The molecule has 0 fully saturated rings. The summed E-state index contributed by atoms with van der Waals surface area (Å²) in [4.78, 5) is 25.8. The van der Waals surface area contributed by atoms with Gasteiger partial charge in [-0.3, -0.25) is 14.5 Å². The maximum absolute atomic E-state index is 12.4. The molecule has 1 N–H and O–H groups in total. The summed E-state index contributed by atoms with van der Waals surface area (Å²) in [6.07, 6.45) is 0.503. The molecule has 7 nitrogen and oxygen atoms in total. The van der Waals surface area contributed by atoms with E-state index in [1.54, 1.807) is 25.3 Å². The molecular formula is C20H22N2O5S. The van der Waals surface area contributed by atoms with Gasteiger partial charge in [-0.15, -0.1) is 0 Å². The predicted molar refractivity (Wildman–Crippen MR) is 105 cm³/mol. The summed E-state index contributed by atoms with van der Waals surface area (Å²) in [6, 6.07) is 12.4. The van der Waals surface area contributed by atoms with Crippen LogP contribution in [0, 0.1) is 6.92 Å². The van der Waals surface area contributed by atoms with Crippen LogP contribution in [0.5, 0.6) is 5.75 Å². The first-order valence-corrected chi connectivity index (χ1v) is 10.5. The summed E-state index contributed by atoms with van der Waals surface area (Å²) >= 11 is 0. The van der Waals surface area contributed by atoms with E-state index in [1.807, 2.05) is 31.2 Å². The number of nitrogens with zero attached hydrogens (tertiary/aromatic N) is 1. The molecule has 28 heavy (non-hydrogen) atoms. The number of methoxy groups -OCH3 is 1. The van der Waals surface area contributed by atoms with Crippen LogP contribution in [-0.2, 0) is 16.4 Å². The van der Waals surface area contributed by atoms with E-state index < -0.39 is 21.8 Å². The lowest BCUT2D eigenvalue weighted by atomic mass is 10.1. The zero-order valence-corrected chi connectivity index (χ0v) is 16.6. The lowest BCUT2D eigenvalue weighted by molar-refractivity contribution is 0.0664. The van der Waals surface area contributed by atoms with Gasteiger partial charge in [-0.2, -0.15) is 0 Å². The van der Waals surface area contributed by atoms with Crippen LogP contribution in [0.4, 0.5) is 0 Å². The van der Waals surface area contributed by atoms with Gasteiger partial charge in [-0.25, -0.2) is 13.1 Å². The Balaban J connectivity index is 1.55. The standard InChI is InChI=1S/C20H22N2O5S/c1-14-6-7-17-18(12-14)20(24)22(19(17)23)10-11-28(25,26)21-9-8-15-4-3-5-16(13-15)27-2/h3-7,12-13,21H,8-11H2,1-2H3. The number of hydrogen-bond donors (Lipinski definition) is 1. The molecule has 0 saturated carbocycles. The molecule has 8 heteroatoms. The molecule has 0 unspecified atom stereocenters. The first kappa shape index (κ1) is 20.0. The number of carbonyl (C=O) groups excluding carboxylic acids is 2. The molecule has 0 aliphatic carbocycles. The Hall–Kier alpha value is -2.71. The van der Waals surface area contributed by atoms with Crippen LogP contribution in [0.25, 0.3) is 0 Å². The number of rotatable bonds is 8. The Morgan fingerprint density at radius 3 is 2.54 bits per heavy atom. The summed E-state index contributed by atoms with van der Waals surface area (Å²) in [5.41, 5.74) is 2.46. The van der Waals surface area contributed by atoms with Crippen molar-refractivity contribution in [3.8, 4) is 5.75 Å². The topological polar surface area (TPSA) is 92.8 Å². The molecule has 2 aromatic carbocycles. The molecule has 0 atom stereocenters. The lowest BCUT2D eigenvalue weighted by Crippen LogP contribution is -2.38. The van der Waals surface area contributed by atoms with Crippen LogP contribution in [0.15, 0.2) is 42.5 Å². The van der Waals surface area contributed by atoms with Gasteiger partial charge < -0.3 is 4.74 Å². The number of hydrogen-bond acceptors (Lipinski definition) is 5. The molecule has 3 rings (SSSR count). The van der Waals surface area contributed by atoms with Crippen LogP contribution >= 0.6 is 0 Å². The monoisotopic (exact) mass is 402 g/mol. The highest BCUT2D eigenvalue weighted by Gasteiger charge is 2.35. The summed E-state index contributed by atoms with van der Waals surface area (Å²) in [5.74, 6) is -0.529. The molecule has 1 aliphatic heterocycles. The van der Waals surface area contributed by atoms with Gasteiger partial charge in [0.2, 0.25) is 10.0 Å². The zero-order chi connectivity index (χ0) is 20.3. The number of carbonyl (C=O) groups is 2. The smallest absolute Gasteiger partial charge is 0.261 e. The maximum Gasteiger partial charge on any atom is 0.261 e. The SMILES string of the molecule is COc1cccc(CCNS(=O)(=O)CCN2C(=O)c3ccc(C)cc3C2=O)c1. The van der Waals surface area contributed by atoms with Crippen LogP contribution in [0.1, 0.15) is 31.8 Å². The van der Waals surface area contributed by atoms with E-state index >= 15 is 0 Å². The Kier molecular flexibility index (Phi) is 5.81.